The summed E-state index contributed by atoms with van der Waals surface area (Å²) in [5.74, 6) is -0.108. The van der Waals surface area contributed by atoms with E-state index in [2.05, 4.69) is 27.3 Å². The number of hydrogen-bond donors (Lipinski definition) is 1. The van der Waals surface area contributed by atoms with Gasteiger partial charge in [0.05, 0.1) is 5.54 Å². The first-order chi connectivity index (χ1) is 10.5. The molecule has 1 amide bonds. The maximum absolute atomic E-state index is 12.4. The van der Waals surface area contributed by atoms with E-state index in [0.29, 0.717) is 0 Å². The van der Waals surface area contributed by atoms with E-state index in [-0.39, 0.29) is 22.9 Å². The summed E-state index contributed by atoms with van der Waals surface area (Å²) < 4.78 is 2.53. The Morgan fingerprint density at radius 2 is 2.23 bits per heavy atom. The minimum absolute atomic E-state index is 0.0854. The number of benzene rings is 1. The molecule has 0 atom stereocenters. The summed E-state index contributed by atoms with van der Waals surface area (Å²) in [6, 6.07) is 8.07. The second-order valence-electron chi connectivity index (χ2n) is 5.72. The Bertz CT molecular complexity index is 762. The molecular formula is C16H17BrN2O2S. The van der Waals surface area contributed by atoms with Crippen LogP contribution >= 0.6 is 27.3 Å². The van der Waals surface area contributed by atoms with Crippen LogP contribution in [0.15, 0.2) is 38.9 Å². The Morgan fingerprint density at radius 1 is 1.45 bits per heavy atom. The SMILES string of the molecule is Cc1csc(=O)n1CC(=O)NC1(c2cccc(Br)c2)CCC1. The molecule has 116 valence electrons. The molecule has 1 aliphatic carbocycles. The number of amides is 1. The van der Waals surface area contributed by atoms with Crippen molar-refractivity contribution in [2.75, 3.05) is 0 Å². The number of carbonyl (C=O) groups is 1. The lowest BCUT2D eigenvalue weighted by Crippen LogP contribution is -2.52. The van der Waals surface area contributed by atoms with E-state index in [4.69, 9.17) is 0 Å². The van der Waals surface area contributed by atoms with E-state index < -0.39 is 0 Å². The van der Waals surface area contributed by atoms with Gasteiger partial charge in [-0.2, -0.15) is 0 Å². The predicted octanol–water partition coefficient (Wildman–Crippen LogP) is 3.18. The van der Waals surface area contributed by atoms with Gasteiger partial charge in [-0.1, -0.05) is 39.4 Å². The molecule has 0 saturated heterocycles. The van der Waals surface area contributed by atoms with E-state index in [1.165, 1.54) is 4.57 Å². The summed E-state index contributed by atoms with van der Waals surface area (Å²) in [5, 5.41) is 4.93. The highest BCUT2D eigenvalue weighted by atomic mass is 79.9. The third kappa shape index (κ3) is 2.90. The van der Waals surface area contributed by atoms with Crippen LogP contribution in [0.25, 0.3) is 0 Å². The Hall–Kier alpha value is -1.40. The summed E-state index contributed by atoms with van der Waals surface area (Å²) in [4.78, 5) is 24.1. The van der Waals surface area contributed by atoms with Crippen LogP contribution in [0, 0.1) is 6.92 Å². The molecule has 1 aromatic heterocycles. The van der Waals surface area contributed by atoms with E-state index in [1.807, 2.05) is 25.1 Å². The fourth-order valence-corrected chi connectivity index (χ4v) is 3.98. The largest absolute Gasteiger partial charge is 0.345 e. The van der Waals surface area contributed by atoms with Gasteiger partial charge in [0, 0.05) is 15.5 Å². The standard InChI is InChI=1S/C16H17BrN2O2S/c1-11-10-22-15(21)19(11)9-14(20)18-16(6-3-7-16)12-4-2-5-13(17)8-12/h2,4-5,8,10H,3,6-7,9H2,1H3,(H,18,20). The number of halogens is 1. The van der Waals surface area contributed by atoms with E-state index in [1.54, 1.807) is 5.38 Å². The first kappa shape index (κ1) is 15.5. The van der Waals surface area contributed by atoms with Crippen LogP contribution in [0.3, 0.4) is 0 Å². The van der Waals surface area contributed by atoms with Crippen LogP contribution in [0.4, 0.5) is 0 Å². The van der Waals surface area contributed by atoms with E-state index in [0.717, 1.165) is 46.3 Å². The zero-order valence-electron chi connectivity index (χ0n) is 12.3. The average Bonchev–Trinajstić information content (AvgIpc) is 2.75. The second kappa shape index (κ2) is 6.01. The number of nitrogens with one attached hydrogen (secondary N) is 1. The van der Waals surface area contributed by atoms with Crippen molar-refractivity contribution < 1.29 is 4.79 Å². The highest BCUT2D eigenvalue weighted by Crippen LogP contribution is 2.41. The maximum Gasteiger partial charge on any atom is 0.307 e. The lowest BCUT2D eigenvalue weighted by molar-refractivity contribution is -0.125. The van der Waals surface area contributed by atoms with Gasteiger partial charge in [0.1, 0.15) is 6.54 Å². The summed E-state index contributed by atoms with van der Waals surface area (Å²) in [6.45, 7) is 1.93. The van der Waals surface area contributed by atoms with Gasteiger partial charge >= 0.3 is 4.87 Å². The molecule has 1 heterocycles. The highest BCUT2D eigenvalue weighted by Gasteiger charge is 2.40. The lowest BCUT2D eigenvalue weighted by atomic mass is 9.72. The maximum atomic E-state index is 12.4. The summed E-state index contributed by atoms with van der Waals surface area (Å²) in [5.41, 5.74) is 1.67. The van der Waals surface area contributed by atoms with Gasteiger partial charge in [-0.3, -0.25) is 14.2 Å². The first-order valence-electron chi connectivity index (χ1n) is 7.22. The molecule has 1 aliphatic rings. The minimum Gasteiger partial charge on any atom is -0.345 e. The molecule has 3 rings (SSSR count). The van der Waals surface area contributed by atoms with Crippen LogP contribution in [0.5, 0.6) is 0 Å². The Kier molecular flexibility index (Phi) is 4.23. The fourth-order valence-electron chi connectivity index (χ4n) is 2.85. The molecule has 0 aliphatic heterocycles. The molecule has 0 spiro atoms. The van der Waals surface area contributed by atoms with Gasteiger partial charge in [0.25, 0.3) is 0 Å². The van der Waals surface area contributed by atoms with Gasteiger partial charge in [-0.15, -0.1) is 0 Å². The van der Waals surface area contributed by atoms with Crippen molar-refractivity contribution in [3.8, 4) is 0 Å². The van der Waals surface area contributed by atoms with Crippen molar-refractivity contribution in [2.45, 2.75) is 38.3 Å². The lowest BCUT2D eigenvalue weighted by Gasteiger charge is -2.43. The molecule has 2 aromatic rings. The summed E-state index contributed by atoms with van der Waals surface area (Å²) in [6.07, 6.45) is 2.98. The number of hydrogen-bond acceptors (Lipinski definition) is 3. The van der Waals surface area contributed by atoms with Gasteiger partial charge in [-0.25, -0.2) is 0 Å². The molecule has 1 saturated carbocycles. The van der Waals surface area contributed by atoms with Crippen molar-refractivity contribution >= 4 is 33.2 Å². The van der Waals surface area contributed by atoms with Gasteiger partial charge in [-0.05, 0) is 43.9 Å². The topological polar surface area (TPSA) is 51.1 Å². The quantitative estimate of drug-likeness (QED) is 0.885. The summed E-state index contributed by atoms with van der Waals surface area (Å²) >= 11 is 4.62. The highest BCUT2D eigenvalue weighted by molar-refractivity contribution is 9.10. The Labute approximate surface area is 141 Å². The number of nitrogens with zero attached hydrogens (tertiary/aromatic N) is 1. The predicted molar refractivity (Wildman–Crippen MR) is 91.1 cm³/mol. The summed E-state index contributed by atoms with van der Waals surface area (Å²) in [7, 11) is 0. The molecule has 1 aromatic carbocycles. The number of rotatable bonds is 4. The number of aryl methyl sites for hydroxylation is 1. The van der Waals surface area contributed by atoms with Crippen molar-refractivity contribution in [1.82, 2.24) is 9.88 Å². The normalized spacial score (nSPS) is 16.1. The van der Waals surface area contributed by atoms with Gasteiger partial charge in [0.15, 0.2) is 0 Å². The monoisotopic (exact) mass is 380 g/mol. The smallest absolute Gasteiger partial charge is 0.307 e. The minimum atomic E-state index is -0.283. The molecule has 4 nitrogen and oxygen atoms in total. The molecule has 1 fully saturated rings. The van der Waals surface area contributed by atoms with Crippen molar-refractivity contribution in [3.63, 3.8) is 0 Å². The van der Waals surface area contributed by atoms with Crippen molar-refractivity contribution in [1.29, 1.82) is 0 Å². The van der Waals surface area contributed by atoms with Gasteiger partial charge < -0.3 is 5.32 Å². The Balaban J connectivity index is 1.78. The number of aromatic nitrogens is 1. The number of carbonyl (C=O) groups excluding carboxylic acids is 1. The molecule has 1 N–H and O–H groups in total. The van der Waals surface area contributed by atoms with Crippen molar-refractivity contribution in [2.24, 2.45) is 0 Å². The molecule has 0 unspecified atom stereocenters. The molecule has 0 bridgehead atoms. The van der Waals surface area contributed by atoms with Crippen molar-refractivity contribution in [3.05, 3.63) is 55.0 Å². The number of thiazole rings is 1. The third-order valence-corrected chi connectivity index (χ3v) is 5.62. The molecule has 22 heavy (non-hydrogen) atoms. The van der Waals surface area contributed by atoms with E-state index in [9.17, 15) is 9.59 Å². The fraction of sp³-hybridized carbons (Fsp3) is 0.375. The first-order valence-corrected chi connectivity index (χ1v) is 8.89. The van der Waals surface area contributed by atoms with Crippen LogP contribution in [0.2, 0.25) is 0 Å². The van der Waals surface area contributed by atoms with Crippen LogP contribution in [-0.4, -0.2) is 10.5 Å². The Morgan fingerprint density at radius 3 is 2.77 bits per heavy atom. The zero-order chi connectivity index (χ0) is 15.7. The molecule has 6 heteroatoms. The zero-order valence-corrected chi connectivity index (χ0v) is 14.7. The second-order valence-corrected chi connectivity index (χ2v) is 7.46. The van der Waals surface area contributed by atoms with Crippen LogP contribution in [0.1, 0.15) is 30.5 Å². The molecule has 0 radical (unpaired) electrons. The van der Waals surface area contributed by atoms with Crippen LogP contribution in [-0.2, 0) is 16.9 Å². The average molecular weight is 381 g/mol. The molecular weight excluding hydrogens is 364 g/mol. The third-order valence-electron chi connectivity index (χ3n) is 4.24. The van der Waals surface area contributed by atoms with E-state index >= 15 is 0 Å². The van der Waals surface area contributed by atoms with Crippen LogP contribution < -0.4 is 10.2 Å². The van der Waals surface area contributed by atoms with Gasteiger partial charge in [0.2, 0.25) is 5.91 Å².